The lowest BCUT2D eigenvalue weighted by Crippen LogP contribution is -2.45. The first-order valence-electron chi connectivity index (χ1n) is 5.96. The topological polar surface area (TPSA) is 58.4 Å². The number of aliphatic hydroxyl groups excluding tert-OH is 1. The van der Waals surface area contributed by atoms with Crippen LogP contribution < -0.4 is 0 Å². The van der Waals surface area contributed by atoms with Crippen molar-refractivity contribution < 1.29 is 9.90 Å². The third-order valence-corrected chi connectivity index (χ3v) is 3.45. The predicted octanol–water partition coefficient (Wildman–Crippen LogP) is 0.571. The minimum absolute atomic E-state index is 0.0263. The van der Waals surface area contributed by atoms with E-state index in [1.54, 1.807) is 22.8 Å². The van der Waals surface area contributed by atoms with Crippen LogP contribution in [0.3, 0.4) is 0 Å². The number of aromatic nitrogens is 2. The van der Waals surface area contributed by atoms with E-state index in [2.05, 4.69) is 5.10 Å². The molecule has 1 N–H and O–H groups in total. The van der Waals surface area contributed by atoms with Gasteiger partial charge in [0.05, 0.1) is 17.4 Å². The molecule has 0 aromatic carbocycles. The maximum absolute atomic E-state index is 12.2. The molecule has 1 aromatic heterocycles. The van der Waals surface area contributed by atoms with Crippen LogP contribution in [0.2, 0.25) is 0 Å². The van der Waals surface area contributed by atoms with Gasteiger partial charge in [-0.1, -0.05) is 6.92 Å². The summed E-state index contributed by atoms with van der Waals surface area (Å²) in [6.07, 6.45) is 2.18. The van der Waals surface area contributed by atoms with Crippen LogP contribution in [0, 0.1) is 12.8 Å². The highest BCUT2D eigenvalue weighted by Crippen LogP contribution is 2.19. The Morgan fingerprint density at radius 3 is 2.82 bits per heavy atom. The van der Waals surface area contributed by atoms with Gasteiger partial charge in [-0.25, -0.2) is 0 Å². The second kappa shape index (κ2) is 4.49. The monoisotopic (exact) mass is 237 g/mol. The molecular weight excluding hydrogens is 218 g/mol. The molecule has 1 aliphatic rings. The van der Waals surface area contributed by atoms with E-state index in [1.807, 2.05) is 13.8 Å². The lowest BCUT2D eigenvalue weighted by atomic mass is 9.95. The van der Waals surface area contributed by atoms with Gasteiger partial charge in [0.15, 0.2) is 0 Å². The minimum atomic E-state index is -0.412. The van der Waals surface area contributed by atoms with E-state index in [0.717, 1.165) is 12.1 Å². The molecule has 0 aliphatic carbocycles. The zero-order chi connectivity index (χ0) is 12.6. The van der Waals surface area contributed by atoms with Gasteiger partial charge in [0.1, 0.15) is 0 Å². The summed E-state index contributed by atoms with van der Waals surface area (Å²) in [5.74, 6) is 0.246. The maximum Gasteiger partial charge on any atom is 0.257 e. The molecule has 1 fully saturated rings. The van der Waals surface area contributed by atoms with E-state index in [9.17, 15) is 9.90 Å². The summed E-state index contributed by atoms with van der Waals surface area (Å²) in [4.78, 5) is 14.0. The Balaban J connectivity index is 2.13. The number of aryl methyl sites for hydroxylation is 2. The number of carbonyl (C=O) groups is 1. The fourth-order valence-electron chi connectivity index (χ4n) is 2.21. The highest BCUT2D eigenvalue weighted by Gasteiger charge is 2.29. The summed E-state index contributed by atoms with van der Waals surface area (Å²) >= 11 is 0. The van der Waals surface area contributed by atoms with Gasteiger partial charge in [0, 0.05) is 26.3 Å². The molecule has 1 aromatic rings. The molecule has 1 saturated heterocycles. The summed E-state index contributed by atoms with van der Waals surface area (Å²) in [7, 11) is 1.80. The molecule has 2 heterocycles. The van der Waals surface area contributed by atoms with Gasteiger partial charge >= 0.3 is 0 Å². The van der Waals surface area contributed by atoms with Gasteiger partial charge < -0.3 is 10.0 Å². The van der Waals surface area contributed by atoms with E-state index in [-0.39, 0.29) is 11.8 Å². The smallest absolute Gasteiger partial charge is 0.257 e. The van der Waals surface area contributed by atoms with Crippen LogP contribution in [-0.2, 0) is 7.05 Å². The van der Waals surface area contributed by atoms with Crippen molar-refractivity contribution in [2.45, 2.75) is 26.4 Å². The van der Waals surface area contributed by atoms with Gasteiger partial charge in [0.25, 0.3) is 5.91 Å². The Labute approximate surface area is 101 Å². The van der Waals surface area contributed by atoms with Crippen LogP contribution >= 0.6 is 0 Å². The second-order valence-corrected chi connectivity index (χ2v) is 4.89. The van der Waals surface area contributed by atoms with Gasteiger partial charge in [-0.2, -0.15) is 5.10 Å². The van der Waals surface area contributed by atoms with Crippen molar-refractivity contribution in [3.05, 3.63) is 17.5 Å². The number of carbonyl (C=O) groups excluding carboxylic acids is 1. The molecule has 2 unspecified atom stereocenters. The molecule has 94 valence electrons. The first kappa shape index (κ1) is 12.1. The molecule has 2 atom stereocenters. The van der Waals surface area contributed by atoms with E-state index in [4.69, 9.17) is 0 Å². The van der Waals surface area contributed by atoms with Crippen molar-refractivity contribution in [2.24, 2.45) is 13.0 Å². The number of β-amino-alcohol motifs (C(OH)–C–C–N with tert-alkyl or cyclic N) is 1. The SMILES string of the molecule is Cc1nn(C)cc1C(=O)N1CCC(C)C(O)C1. The number of hydrogen-bond donors (Lipinski definition) is 1. The molecule has 0 radical (unpaired) electrons. The summed E-state index contributed by atoms with van der Waals surface area (Å²) in [6, 6.07) is 0. The van der Waals surface area contributed by atoms with Gasteiger partial charge in [0.2, 0.25) is 0 Å². The third-order valence-electron chi connectivity index (χ3n) is 3.45. The first-order valence-corrected chi connectivity index (χ1v) is 5.96. The van der Waals surface area contributed by atoms with Crippen molar-refractivity contribution in [3.63, 3.8) is 0 Å². The number of likely N-dealkylation sites (tertiary alicyclic amines) is 1. The quantitative estimate of drug-likeness (QED) is 0.777. The fraction of sp³-hybridized carbons (Fsp3) is 0.667. The molecule has 5 nitrogen and oxygen atoms in total. The van der Waals surface area contributed by atoms with Gasteiger partial charge in [-0.3, -0.25) is 9.48 Å². The molecule has 0 spiro atoms. The van der Waals surface area contributed by atoms with Crippen molar-refractivity contribution in [1.29, 1.82) is 0 Å². The van der Waals surface area contributed by atoms with Crippen LogP contribution in [0.5, 0.6) is 0 Å². The van der Waals surface area contributed by atoms with Crippen LogP contribution in [0.25, 0.3) is 0 Å². The van der Waals surface area contributed by atoms with E-state index in [1.165, 1.54) is 0 Å². The average Bonchev–Trinajstić information content (AvgIpc) is 2.61. The van der Waals surface area contributed by atoms with Crippen molar-refractivity contribution in [1.82, 2.24) is 14.7 Å². The average molecular weight is 237 g/mol. The van der Waals surface area contributed by atoms with Gasteiger partial charge in [-0.05, 0) is 19.3 Å². The van der Waals surface area contributed by atoms with Crippen LogP contribution in [0.4, 0.5) is 0 Å². The summed E-state index contributed by atoms with van der Waals surface area (Å²) in [5.41, 5.74) is 1.37. The van der Waals surface area contributed by atoms with E-state index < -0.39 is 6.10 Å². The lowest BCUT2D eigenvalue weighted by Gasteiger charge is -2.34. The molecule has 0 bridgehead atoms. The third kappa shape index (κ3) is 2.34. The molecule has 5 heteroatoms. The summed E-state index contributed by atoms with van der Waals surface area (Å²) in [5, 5.41) is 14.0. The summed E-state index contributed by atoms with van der Waals surface area (Å²) < 4.78 is 1.64. The minimum Gasteiger partial charge on any atom is -0.391 e. The van der Waals surface area contributed by atoms with E-state index >= 15 is 0 Å². The molecule has 1 amide bonds. The van der Waals surface area contributed by atoms with Crippen LogP contribution in [-0.4, -0.2) is 44.9 Å². The maximum atomic E-state index is 12.2. The number of rotatable bonds is 1. The lowest BCUT2D eigenvalue weighted by molar-refractivity contribution is 0.0248. The Morgan fingerprint density at radius 2 is 2.29 bits per heavy atom. The largest absolute Gasteiger partial charge is 0.391 e. The molecule has 17 heavy (non-hydrogen) atoms. The molecule has 0 saturated carbocycles. The van der Waals surface area contributed by atoms with Crippen LogP contribution in [0.1, 0.15) is 29.4 Å². The Bertz CT molecular complexity index is 427. The molecular formula is C12H19N3O2. The van der Waals surface area contributed by atoms with Crippen molar-refractivity contribution in [3.8, 4) is 0 Å². The van der Waals surface area contributed by atoms with E-state index in [0.29, 0.717) is 18.7 Å². The standard InChI is InChI=1S/C12H19N3O2/c1-8-4-5-15(7-11(8)16)12(17)10-6-14(3)13-9(10)2/h6,8,11,16H,4-5,7H2,1-3H3. The number of amides is 1. The second-order valence-electron chi connectivity index (χ2n) is 4.89. The highest BCUT2D eigenvalue weighted by molar-refractivity contribution is 5.95. The number of piperidine rings is 1. The Morgan fingerprint density at radius 1 is 1.59 bits per heavy atom. The van der Waals surface area contributed by atoms with Crippen LogP contribution in [0.15, 0.2) is 6.20 Å². The number of nitrogens with zero attached hydrogens (tertiary/aromatic N) is 3. The number of aliphatic hydroxyl groups is 1. The van der Waals surface area contributed by atoms with Crippen molar-refractivity contribution >= 4 is 5.91 Å². The zero-order valence-corrected chi connectivity index (χ0v) is 10.6. The first-order chi connectivity index (χ1) is 7.99. The Hall–Kier alpha value is -1.36. The zero-order valence-electron chi connectivity index (χ0n) is 10.6. The van der Waals surface area contributed by atoms with Gasteiger partial charge in [-0.15, -0.1) is 0 Å². The molecule has 2 rings (SSSR count). The summed E-state index contributed by atoms with van der Waals surface area (Å²) in [6.45, 7) is 4.98. The fourth-order valence-corrected chi connectivity index (χ4v) is 2.21. The Kier molecular flexibility index (Phi) is 3.19. The highest BCUT2D eigenvalue weighted by atomic mass is 16.3. The normalized spacial score (nSPS) is 25.1. The number of hydrogen-bond acceptors (Lipinski definition) is 3. The molecule has 1 aliphatic heterocycles. The predicted molar refractivity (Wildman–Crippen MR) is 63.6 cm³/mol. The van der Waals surface area contributed by atoms with Crippen molar-refractivity contribution in [2.75, 3.05) is 13.1 Å².